The van der Waals surface area contributed by atoms with E-state index < -0.39 is 6.36 Å². The number of nitrogens with one attached hydrogen (secondary N) is 2. The predicted octanol–water partition coefficient (Wildman–Crippen LogP) is 7.08. The maximum atomic E-state index is 12.5. The summed E-state index contributed by atoms with van der Waals surface area (Å²) in [4.78, 5) is 5.41. The van der Waals surface area contributed by atoms with Gasteiger partial charge < -0.3 is 10.1 Å². The maximum Gasteiger partial charge on any atom is 0.573 e. The van der Waals surface area contributed by atoms with Crippen LogP contribution in [0, 0.1) is 13.8 Å². The van der Waals surface area contributed by atoms with Gasteiger partial charge in [0.2, 0.25) is 0 Å². The van der Waals surface area contributed by atoms with Crippen LogP contribution in [0.2, 0.25) is 0 Å². The van der Waals surface area contributed by atoms with Gasteiger partial charge in [-0.05, 0) is 73.1 Å². The van der Waals surface area contributed by atoms with Crippen molar-refractivity contribution >= 4 is 61.0 Å². The van der Waals surface area contributed by atoms with Crippen LogP contribution in [0.4, 0.5) is 18.9 Å². The Hall–Kier alpha value is -3.96. The molecule has 0 fully saturated rings. The third-order valence-electron chi connectivity index (χ3n) is 5.64. The van der Waals surface area contributed by atoms with E-state index in [0.29, 0.717) is 10.8 Å². The van der Waals surface area contributed by atoms with E-state index >= 15 is 0 Å². The van der Waals surface area contributed by atoms with Crippen LogP contribution in [-0.4, -0.2) is 27.2 Å². The number of thiocarbonyl (C=S) groups is 1. The molecule has 0 atom stereocenters. The Morgan fingerprint density at radius 3 is 2.51 bits per heavy atom. The van der Waals surface area contributed by atoms with Crippen LogP contribution in [0.15, 0.2) is 72.1 Å². The number of fused-ring (bicyclic) bond motifs is 3. The molecule has 2 heterocycles. The van der Waals surface area contributed by atoms with Gasteiger partial charge in [0, 0.05) is 21.5 Å². The van der Waals surface area contributed by atoms with Gasteiger partial charge in [0.15, 0.2) is 5.11 Å². The lowest BCUT2D eigenvalue weighted by Crippen LogP contribution is -2.24. The number of benzene rings is 3. The molecule has 0 unspecified atom stereocenters. The average Bonchev–Trinajstić information content (AvgIpc) is 3.40. The average molecular weight is 540 g/mol. The molecule has 0 radical (unpaired) electrons. The predicted molar refractivity (Wildman–Crippen MR) is 146 cm³/mol. The molecule has 3 aromatic carbocycles. The minimum atomic E-state index is -4.73. The van der Waals surface area contributed by atoms with E-state index in [1.54, 1.807) is 24.7 Å². The maximum absolute atomic E-state index is 12.5. The van der Waals surface area contributed by atoms with E-state index in [-0.39, 0.29) is 5.75 Å². The van der Waals surface area contributed by atoms with Gasteiger partial charge in [0.1, 0.15) is 22.4 Å². The van der Waals surface area contributed by atoms with Crippen molar-refractivity contribution in [3.63, 3.8) is 0 Å². The number of para-hydroxylation sites is 1. The minimum Gasteiger partial charge on any atom is -0.406 e. The Kier molecular flexibility index (Phi) is 6.57. The lowest BCUT2D eigenvalue weighted by molar-refractivity contribution is -0.274. The summed E-state index contributed by atoms with van der Waals surface area (Å²) in [5.74, 6) is -0.273. The van der Waals surface area contributed by atoms with Crippen molar-refractivity contribution in [3.05, 3.63) is 83.7 Å². The van der Waals surface area contributed by atoms with Gasteiger partial charge in [-0.2, -0.15) is 5.10 Å². The molecule has 0 bridgehead atoms. The van der Waals surface area contributed by atoms with Crippen LogP contribution >= 0.6 is 23.6 Å². The molecule has 0 aliphatic rings. The van der Waals surface area contributed by atoms with Gasteiger partial charge in [-0.25, -0.2) is 4.98 Å². The molecule has 2 aromatic heterocycles. The van der Waals surface area contributed by atoms with Gasteiger partial charge in [-0.3, -0.25) is 9.99 Å². The van der Waals surface area contributed by atoms with Gasteiger partial charge in [0.05, 0.1) is 6.21 Å². The molecule has 2 N–H and O–H groups in total. The summed E-state index contributed by atoms with van der Waals surface area (Å²) < 4.78 is 44.2. The molecule has 37 heavy (non-hydrogen) atoms. The standard InChI is InChI=1S/C26H20F3N5OS2/c1-15-4-3-5-16(2)22(15)32-25(36)33-31-13-17-6-11-20-21(12-17)37-24-23(20)30-14-34(24)18-7-9-19(10-8-18)35-26(27,28)29/h3-14H,1-2H3,(H2,32,33,36). The first kappa shape index (κ1) is 24.7. The summed E-state index contributed by atoms with van der Waals surface area (Å²) in [6, 6.07) is 17.6. The van der Waals surface area contributed by atoms with E-state index in [4.69, 9.17) is 12.2 Å². The van der Waals surface area contributed by atoms with E-state index in [1.807, 2.05) is 54.8 Å². The zero-order chi connectivity index (χ0) is 26.2. The fourth-order valence-electron chi connectivity index (χ4n) is 3.93. The molecule has 0 aliphatic heterocycles. The fourth-order valence-corrected chi connectivity index (χ4v) is 5.28. The van der Waals surface area contributed by atoms with Crippen LogP contribution in [0.3, 0.4) is 0 Å². The second-order valence-electron chi connectivity index (χ2n) is 8.26. The summed E-state index contributed by atoms with van der Waals surface area (Å²) in [6.45, 7) is 4.02. The molecular formula is C26H20F3N5OS2. The molecule has 6 nitrogen and oxygen atoms in total. The second-order valence-corrected chi connectivity index (χ2v) is 9.70. The van der Waals surface area contributed by atoms with Crippen molar-refractivity contribution in [3.8, 4) is 11.4 Å². The summed E-state index contributed by atoms with van der Waals surface area (Å²) in [5, 5.41) is 8.81. The number of nitrogens with zero attached hydrogens (tertiary/aromatic N) is 3. The number of alkyl halides is 3. The number of hydrogen-bond donors (Lipinski definition) is 2. The lowest BCUT2D eigenvalue weighted by Gasteiger charge is -2.12. The second kappa shape index (κ2) is 9.83. The third-order valence-corrected chi connectivity index (χ3v) is 6.97. The van der Waals surface area contributed by atoms with Crippen molar-refractivity contribution in [2.45, 2.75) is 20.2 Å². The Morgan fingerprint density at radius 1 is 1.08 bits per heavy atom. The van der Waals surface area contributed by atoms with Crippen LogP contribution < -0.4 is 15.5 Å². The summed E-state index contributed by atoms with van der Waals surface area (Å²) in [6.07, 6.45) is -1.39. The van der Waals surface area contributed by atoms with E-state index in [2.05, 4.69) is 25.6 Å². The van der Waals surface area contributed by atoms with Crippen molar-refractivity contribution in [2.24, 2.45) is 5.10 Å². The molecule has 188 valence electrons. The number of hydrazone groups is 1. The normalized spacial score (nSPS) is 11.9. The number of rotatable bonds is 5. The van der Waals surface area contributed by atoms with Gasteiger partial charge in [-0.15, -0.1) is 24.5 Å². The first-order valence-corrected chi connectivity index (χ1v) is 12.3. The Morgan fingerprint density at radius 2 is 1.81 bits per heavy atom. The summed E-state index contributed by atoms with van der Waals surface area (Å²) >= 11 is 6.90. The first-order valence-electron chi connectivity index (χ1n) is 11.1. The molecule has 0 spiro atoms. The Labute approximate surface area is 219 Å². The molecule has 0 aliphatic carbocycles. The highest BCUT2D eigenvalue weighted by Crippen LogP contribution is 2.35. The molecule has 11 heteroatoms. The highest BCUT2D eigenvalue weighted by molar-refractivity contribution is 7.80. The number of aromatic nitrogens is 2. The smallest absolute Gasteiger partial charge is 0.406 e. The van der Waals surface area contributed by atoms with Crippen LogP contribution in [0.5, 0.6) is 5.75 Å². The molecular weight excluding hydrogens is 519 g/mol. The highest BCUT2D eigenvalue weighted by Gasteiger charge is 2.31. The molecule has 0 saturated heterocycles. The zero-order valence-corrected chi connectivity index (χ0v) is 21.3. The monoisotopic (exact) mass is 539 g/mol. The quantitative estimate of drug-likeness (QED) is 0.142. The van der Waals surface area contributed by atoms with Crippen LogP contribution in [0.25, 0.3) is 26.1 Å². The zero-order valence-electron chi connectivity index (χ0n) is 19.6. The number of anilines is 1. The largest absolute Gasteiger partial charge is 0.573 e. The van der Waals surface area contributed by atoms with Crippen molar-refractivity contribution in [2.75, 3.05) is 5.32 Å². The van der Waals surface area contributed by atoms with E-state index in [1.165, 1.54) is 23.5 Å². The van der Waals surface area contributed by atoms with Crippen molar-refractivity contribution in [1.82, 2.24) is 15.0 Å². The number of ether oxygens (including phenoxy) is 1. The Balaban J connectivity index is 1.32. The van der Waals surface area contributed by atoms with E-state index in [9.17, 15) is 13.2 Å². The number of aryl methyl sites for hydroxylation is 2. The molecule has 0 amide bonds. The van der Waals surface area contributed by atoms with E-state index in [0.717, 1.165) is 42.8 Å². The Bertz CT molecular complexity index is 1620. The van der Waals surface area contributed by atoms with Crippen LogP contribution in [-0.2, 0) is 0 Å². The molecule has 5 aromatic rings. The summed E-state index contributed by atoms with van der Waals surface area (Å²) in [7, 11) is 0. The van der Waals surface area contributed by atoms with Gasteiger partial charge in [0.25, 0.3) is 0 Å². The molecule has 0 saturated carbocycles. The first-order chi connectivity index (χ1) is 17.7. The minimum absolute atomic E-state index is 0.273. The summed E-state index contributed by atoms with van der Waals surface area (Å²) in [5.41, 5.74) is 8.35. The highest BCUT2D eigenvalue weighted by atomic mass is 32.1. The van der Waals surface area contributed by atoms with Crippen molar-refractivity contribution in [1.29, 1.82) is 0 Å². The number of hydrogen-bond acceptors (Lipinski definition) is 5. The topological polar surface area (TPSA) is 63.5 Å². The number of halogens is 3. The number of thiophene rings is 1. The molecule has 5 rings (SSSR count). The lowest BCUT2D eigenvalue weighted by atomic mass is 10.1. The van der Waals surface area contributed by atoms with Crippen LogP contribution in [0.1, 0.15) is 16.7 Å². The van der Waals surface area contributed by atoms with Gasteiger partial charge >= 0.3 is 6.36 Å². The van der Waals surface area contributed by atoms with Crippen molar-refractivity contribution < 1.29 is 17.9 Å². The van der Waals surface area contributed by atoms with Gasteiger partial charge in [-0.1, -0.05) is 30.3 Å². The number of imidazole rings is 1. The third kappa shape index (κ3) is 5.42. The SMILES string of the molecule is Cc1cccc(C)c1NC(=S)NN=Cc1ccc2c(c1)sc1c2ncn1-c1ccc(OC(F)(F)F)cc1. The fraction of sp³-hybridized carbons (Fsp3) is 0.115.